The number of hydrogen-bond donors (Lipinski definition) is 0. The smallest absolute Gasteiger partial charge is 0.290 e. The van der Waals surface area contributed by atoms with Crippen LogP contribution in [-0.2, 0) is 0 Å². The monoisotopic (exact) mass is 450 g/mol. The van der Waals surface area contributed by atoms with E-state index in [0.717, 1.165) is 18.5 Å². The van der Waals surface area contributed by atoms with E-state index in [1.807, 2.05) is 52.2 Å². The van der Waals surface area contributed by atoms with Crippen LogP contribution in [0.1, 0.15) is 48.0 Å². The van der Waals surface area contributed by atoms with Gasteiger partial charge in [0.15, 0.2) is 5.43 Å². The van der Waals surface area contributed by atoms with Gasteiger partial charge in [-0.25, -0.2) is 0 Å². The Balaban J connectivity index is 1.86. The van der Waals surface area contributed by atoms with Gasteiger partial charge in [-0.1, -0.05) is 12.1 Å². The van der Waals surface area contributed by atoms with Crippen molar-refractivity contribution in [2.24, 2.45) is 0 Å². The molecule has 33 heavy (non-hydrogen) atoms. The Morgan fingerprint density at radius 3 is 2.58 bits per heavy atom. The number of ether oxygens (including phenoxy) is 2. The summed E-state index contributed by atoms with van der Waals surface area (Å²) in [6.07, 6.45) is 0.783. The molecule has 4 rings (SSSR count). The molecule has 0 aliphatic carbocycles. The number of benzene rings is 2. The lowest BCUT2D eigenvalue weighted by atomic mass is 9.98. The van der Waals surface area contributed by atoms with Crippen LogP contribution >= 0.6 is 0 Å². The molecule has 0 saturated carbocycles. The Kier molecular flexibility index (Phi) is 6.42. The lowest BCUT2D eigenvalue weighted by Crippen LogP contribution is -2.32. The van der Waals surface area contributed by atoms with Crippen molar-refractivity contribution in [1.82, 2.24) is 9.80 Å². The summed E-state index contributed by atoms with van der Waals surface area (Å²) >= 11 is 0. The van der Waals surface area contributed by atoms with Gasteiger partial charge in [0, 0.05) is 12.6 Å². The van der Waals surface area contributed by atoms with E-state index in [9.17, 15) is 9.59 Å². The molecule has 0 bridgehead atoms. The molecule has 7 heteroatoms. The standard InChI is InChI=1S/C26H30N2O5/c1-16(2)32-19-9-6-8-17(14-19)23-22-24(29)20-11-10-18(31-5)15-21(20)33-25(22)26(30)28(23)13-7-12-27(3)4/h6,8-11,14-16,23H,7,12-13H2,1-5H3/t23-/m0/s1. The average Bonchev–Trinajstić information content (AvgIpc) is 3.05. The summed E-state index contributed by atoms with van der Waals surface area (Å²) in [6, 6.07) is 12.1. The van der Waals surface area contributed by atoms with Crippen molar-refractivity contribution in [2.75, 3.05) is 34.3 Å². The number of rotatable bonds is 8. The second kappa shape index (κ2) is 9.27. The molecule has 0 radical (unpaired) electrons. The van der Waals surface area contributed by atoms with Gasteiger partial charge in [-0.05, 0) is 70.7 Å². The zero-order chi connectivity index (χ0) is 23.7. The van der Waals surface area contributed by atoms with E-state index >= 15 is 0 Å². The lowest BCUT2D eigenvalue weighted by molar-refractivity contribution is 0.0722. The summed E-state index contributed by atoms with van der Waals surface area (Å²) in [5, 5.41) is 0.428. The van der Waals surface area contributed by atoms with E-state index in [4.69, 9.17) is 13.9 Å². The zero-order valence-corrected chi connectivity index (χ0v) is 19.8. The van der Waals surface area contributed by atoms with Crippen LogP contribution in [0.5, 0.6) is 11.5 Å². The summed E-state index contributed by atoms with van der Waals surface area (Å²) in [5.74, 6) is 1.09. The molecule has 0 fully saturated rings. The molecular weight excluding hydrogens is 420 g/mol. The Labute approximate surface area is 193 Å². The maximum Gasteiger partial charge on any atom is 0.290 e. The van der Waals surface area contributed by atoms with Crippen LogP contribution in [-0.4, -0.2) is 56.1 Å². The maximum atomic E-state index is 13.6. The normalized spacial score (nSPS) is 15.5. The largest absolute Gasteiger partial charge is 0.497 e. The van der Waals surface area contributed by atoms with E-state index < -0.39 is 6.04 Å². The van der Waals surface area contributed by atoms with Crippen molar-refractivity contribution in [2.45, 2.75) is 32.4 Å². The molecule has 3 aromatic rings. The predicted molar refractivity (Wildman–Crippen MR) is 127 cm³/mol. The zero-order valence-electron chi connectivity index (χ0n) is 19.8. The van der Waals surface area contributed by atoms with Crippen LogP contribution in [0.15, 0.2) is 51.7 Å². The highest BCUT2D eigenvalue weighted by Crippen LogP contribution is 2.39. The number of hydrogen-bond acceptors (Lipinski definition) is 6. The van der Waals surface area contributed by atoms with Crippen LogP contribution in [0.2, 0.25) is 0 Å². The van der Waals surface area contributed by atoms with Gasteiger partial charge < -0.3 is 23.7 Å². The molecule has 0 saturated heterocycles. The van der Waals surface area contributed by atoms with Crippen LogP contribution in [0.4, 0.5) is 0 Å². The van der Waals surface area contributed by atoms with Gasteiger partial charge in [-0.3, -0.25) is 9.59 Å². The van der Waals surface area contributed by atoms with Crippen LogP contribution < -0.4 is 14.9 Å². The molecule has 0 spiro atoms. The molecule has 7 nitrogen and oxygen atoms in total. The first-order chi connectivity index (χ1) is 15.8. The van der Waals surface area contributed by atoms with Crippen LogP contribution in [0.3, 0.4) is 0 Å². The van der Waals surface area contributed by atoms with Gasteiger partial charge in [-0.15, -0.1) is 0 Å². The minimum atomic E-state index is -0.534. The van der Waals surface area contributed by atoms with Gasteiger partial charge in [0.05, 0.1) is 30.2 Å². The van der Waals surface area contributed by atoms with Crippen molar-refractivity contribution < 1.29 is 18.7 Å². The van der Waals surface area contributed by atoms with Gasteiger partial charge in [-0.2, -0.15) is 0 Å². The van der Waals surface area contributed by atoms with Crippen molar-refractivity contribution in [3.8, 4) is 11.5 Å². The summed E-state index contributed by atoms with van der Waals surface area (Å²) < 4.78 is 17.2. The molecule has 1 aromatic heterocycles. The summed E-state index contributed by atoms with van der Waals surface area (Å²) in [5.41, 5.74) is 1.35. The first kappa shape index (κ1) is 22.9. The molecule has 174 valence electrons. The number of fused-ring (bicyclic) bond motifs is 2. The van der Waals surface area contributed by atoms with Gasteiger partial charge >= 0.3 is 0 Å². The third-order valence-electron chi connectivity index (χ3n) is 5.72. The Morgan fingerprint density at radius 1 is 1.09 bits per heavy atom. The third kappa shape index (κ3) is 4.46. The molecular formula is C26H30N2O5. The van der Waals surface area contributed by atoms with Gasteiger partial charge in [0.25, 0.3) is 5.91 Å². The fraction of sp³-hybridized carbons (Fsp3) is 0.385. The van der Waals surface area contributed by atoms with Crippen molar-refractivity contribution in [3.05, 3.63) is 69.6 Å². The van der Waals surface area contributed by atoms with Crippen molar-refractivity contribution >= 4 is 16.9 Å². The molecule has 0 N–H and O–H groups in total. The SMILES string of the molecule is COc1ccc2c(=O)c3c(oc2c1)C(=O)N(CCCN(C)C)[C@H]3c1cccc(OC(C)C)c1. The molecule has 2 aromatic carbocycles. The third-order valence-corrected chi connectivity index (χ3v) is 5.72. The quantitative estimate of drug-likeness (QED) is 0.515. The summed E-state index contributed by atoms with van der Waals surface area (Å²) in [4.78, 5) is 30.9. The highest BCUT2D eigenvalue weighted by atomic mass is 16.5. The van der Waals surface area contributed by atoms with Gasteiger partial charge in [0.1, 0.15) is 17.1 Å². The first-order valence-corrected chi connectivity index (χ1v) is 11.2. The number of methoxy groups -OCH3 is 1. The molecule has 0 unspecified atom stereocenters. The van der Waals surface area contributed by atoms with Gasteiger partial charge in [0.2, 0.25) is 5.76 Å². The Bertz CT molecular complexity index is 1230. The fourth-order valence-electron chi connectivity index (χ4n) is 4.29. The molecule has 1 atom stereocenters. The number of amides is 1. The molecule has 2 heterocycles. The summed E-state index contributed by atoms with van der Waals surface area (Å²) in [6.45, 7) is 5.25. The van der Waals surface area contributed by atoms with E-state index in [1.165, 1.54) is 0 Å². The maximum absolute atomic E-state index is 13.6. The molecule has 1 aliphatic rings. The van der Waals surface area contributed by atoms with E-state index in [-0.39, 0.29) is 23.2 Å². The number of nitrogens with zero attached hydrogens (tertiary/aromatic N) is 2. The second-order valence-electron chi connectivity index (χ2n) is 8.83. The Hall–Kier alpha value is -3.32. The van der Waals surface area contributed by atoms with Crippen molar-refractivity contribution in [1.29, 1.82) is 0 Å². The topological polar surface area (TPSA) is 72.2 Å². The minimum Gasteiger partial charge on any atom is -0.497 e. The highest BCUT2D eigenvalue weighted by Gasteiger charge is 2.42. The Morgan fingerprint density at radius 2 is 1.88 bits per heavy atom. The molecule has 1 aliphatic heterocycles. The first-order valence-electron chi connectivity index (χ1n) is 11.2. The van der Waals surface area contributed by atoms with Crippen molar-refractivity contribution in [3.63, 3.8) is 0 Å². The van der Waals surface area contributed by atoms with Crippen LogP contribution in [0, 0.1) is 0 Å². The number of carbonyl (C=O) groups excluding carboxylic acids is 1. The average molecular weight is 451 g/mol. The predicted octanol–water partition coefficient (Wildman–Crippen LogP) is 4.09. The fourth-order valence-corrected chi connectivity index (χ4v) is 4.29. The minimum absolute atomic E-state index is 0.0120. The molecule has 1 amide bonds. The summed E-state index contributed by atoms with van der Waals surface area (Å²) in [7, 11) is 5.54. The van der Waals surface area contributed by atoms with E-state index in [0.29, 0.717) is 34.6 Å². The van der Waals surface area contributed by atoms with E-state index in [1.54, 1.807) is 30.2 Å². The second-order valence-corrected chi connectivity index (χ2v) is 8.83. The van der Waals surface area contributed by atoms with E-state index in [2.05, 4.69) is 4.90 Å². The van der Waals surface area contributed by atoms with Crippen LogP contribution in [0.25, 0.3) is 11.0 Å². The lowest BCUT2D eigenvalue weighted by Gasteiger charge is -2.26. The highest BCUT2D eigenvalue weighted by molar-refractivity contribution is 5.99. The number of carbonyl (C=O) groups is 1.